The number of methoxy groups -OCH3 is 2. The second-order valence-corrected chi connectivity index (χ2v) is 10.1. The van der Waals surface area contributed by atoms with Crippen molar-refractivity contribution in [2.75, 3.05) is 27.1 Å². The number of rotatable bonds is 9. The molecular weight excluding hydrogens is 499 g/mol. The van der Waals surface area contributed by atoms with E-state index in [1.54, 1.807) is 37.3 Å². The zero-order chi connectivity index (χ0) is 27.3. The minimum atomic E-state index is -3.86. The Bertz CT molecular complexity index is 1440. The minimum Gasteiger partial charge on any atom is -0.496 e. The van der Waals surface area contributed by atoms with Crippen LogP contribution in [0.1, 0.15) is 29.8 Å². The second-order valence-electron chi connectivity index (χ2n) is 8.54. The topological polar surface area (TPSA) is 88.1 Å². The highest BCUT2D eigenvalue weighted by molar-refractivity contribution is 7.86. The third-order valence-electron chi connectivity index (χ3n) is 5.52. The van der Waals surface area contributed by atoms with E-state index in [1.165, 1.54) is 32.4 Å². The number of carbonyl (C=O) groups is 1. The number of benzene rings is 3. The fourth-order valence-electron chi connectivity index (χ4n) is 3.80. The highest BCUT2D eigenvalue weighted by atomic mass is 32.2. The van der Waals surface area contributed by atoms with Crippen LogP contribution in [0.5, 0.6) is 17.2 Å². The molecule has 0 aliphatic rings. The summed E-state index contributed by atoms with van der Waals surface area (Å²) < 4.78 is 59.2. The average Bonchev–Trinajstić information content (AvgIpc) is 2.83. The summed E-state index contributed by atoms with van der Waals surface area (Å²) in [6, 6.07) is 12.3. The van der Waals surface area contributed by atoms with E-state index in [0.717, 1.165) is 11.8 Å². The van der Waals surface area contributed by atoms with Crippen LogP contribution in [0.3, 0.4) is 0 Å². The molecule has 0 aliphatic heterocycles. The molecule has 7 nitrogen and oxygen atoms in total. The van der Waals surface area contributed by atoms with Crippen molar-refractivity contribution in [3.05, 3.63) is 77.1 Å². The molecule has 0 aliphatic carbocycles. The van der Waals surface area contributed by atoms with E-state index < -0.39 is 21.9 Å². The van der Waals surface area contributed by atoms with Gasteiger partial charge < -0.3 is 18.4 Å². The quantitative estimate of drug-likeness (QED) is 0.193. The van der Waals surface area contributed by atoms with Crippen LogP contribution in [0.25, 0.3) is 22.3 Å². The molecule has 3 aromatic carbocycles. The first-order valence-corrected chi connectivity index (χ1v) is 13.1. The summed E-state index contributed by atoms with van der Waals surface area (Å²) in [5.41, 5.74) is 3.98. The molecule has 0 aromatic heterocycles. The summed E-state index contributed by atoms with van der Waals surface area (Å²) in [7, 11) is -1.13. The first-order valence-electron chi connectivity index (χ1n) is 11.3. The van der Waals surface area contributed by atoms with Crippen LogP contribution >= 0.6 is 0 Å². The predicted octanol–water partition coefficient (Wildman–Crippen LogP) is 5.95. The van der Waals surface area contributed by atoms with Crippen LogP contribution in [-0.2, 0) is 14.9 Å². The van der Waals surface area contributed by atoms with E-state index in [4.69, 9.17) is 18.4 Å². The first kappa shape index (κ1) is 27.7. The van der Waals surface area contributed by atoms with Gasteiger partial charge in [0.05, 0.1) is 26.0 Å². The van der Waals surface area contributed by atoms with Crippen LogP contribution < -0.4 is 13.7 Å². The van der Waals surface area contributed by atoms with Gasteiger partial charge >= 0.3 is 16.1 Å². The van der Waals surface area contributed by atoms with E-state index in [2.05, 4.69) is 0 Å². The largest absolute Gasteiger partial charge is 0.496 e. The molecule has 196 valence electrons. The van der Waals surface area contributed by atoms with Crippen LogP contribution in [-0.4, -0.2) is 41.5 Å². The zero-order valence-electron chi connectivity index (χ0n) is 21.5. The van der Waals surface area contributed by atoms with Gasteiger partial charge in [0.1, 0.15) is 18.2 Å². The van der Waals surface area contributed by atoms with Crippen LogP contribution in [0.15, 0.2) is 60.2 Å². The van der Waals surface area contributed by atoms with Crippen molar-refractivity contribution in [1.29, 1.82) is 0 Å². The summed E-state index contributed by atoms with van der Waals surface area (Å²) in [6.07, 6.45) is 2.80. The molecule has 3 rings (SSSR count). The van der Waals surface area contributed by atoms with Crippen molar-refractivity contribution < 1.29 is 36.0 Å². The van der Waals surface area contributed by atoms with Gasteiger partial charge in [0, 0.05) is 5.56 Å². The van der Waals surface area contributed by atoms with Gasteiger partial charge in [-0.05, 0) is 79.4 Å². The van der Waals surface area contributed by atoms with Gasteiger partial charge in [0.25, 0.3) is 0 Å². The minimum absolute atomic E-state index is 0.00255. The Labute approximate surface area is 216 Å². The maximum Gasteiger partial charge on any atom is 0.338 e. The van der Waals surface area contributed by atoms with E-state index in [1.807, 2.05) is 19.9 Å². The van der Waals surface area contributed by atoms with Crippen molar-refractivity contribution in [1.82, 2.24) is 0 Å². The highest BCUT2D eigenvalue weighted by Gasteiger charge is 2.25. The molecule has 0 atom stereocenters. The Morgan fingerprint density at radius 3 is 2.16 bits per heavy atom. The molecule has 0 bridgehead atoms. The lowest BCUT2D eigenvalue weighted by Crippen LogP contribution is -2.10. The third kappa shape index (κ3) is 6.68. The summed E-state index contributed by atoms with van der Waals surface area (Å²) in [6.45, 7) is 5.81. The predicted molar refractivity (Wildman–Crippen MR) is 140 cm³/mol. The zero-order valence-corrected chi connectivity index (χ0v) is 22.4. The monoisotopic (exact) mass is 528 g/mol. The Hall–Kier alpha value is -3.85. The molecule has 9 heteroatoms. The molecule has 0 heterocycles. The van der Waals surface area contributed by atoms with E-state index in [9.17, 15) is 17.6 Å². The van der Waals surface area contributed by atoms with E-state index in [0.29, 0.717) is 33.6 Å². The smallest absolute Gasteiger partial charge is 0.338 e. The van der Waals surface area contributed by atoms with Gasteiger partial charge in [0.2, 0.25) is 0 Å². The fraction of sp³-hybridized carbons (Fsp3) is 0.250. The van der Waals surface area contributed by atoms with Crippen molar-refractivity contribution in [3.8, 4) is 39.5 Å². The van der Waals surface area contributed by atoms with Crippen LogP contribution in [0.4, 0.5) is 4.39 Å². The summed E-state index contributed by atoms with van der Waals surface area (Å²) >= 11 is 0. The lowest BCUT2D eigenvalue weighted by atomic mass is 9.88. The summed E-state index contributed by atoms with van der Waals surface area (Å²) in [5.74, 6) is -0.426. The number of hydrogen-bond donors (Lipinski definition) is 0. The number of ether oxygens (including phenoxy) is 3. The molecule has 0 amide bonds. The highest BCUT2D eigenvalue weighted by Crippen LogP contribution is 2.43. The van der Waals surface area contributed by atoms with Gasteiger partial charge in [-0.3, -0.25) is 0 Å². The molecule has 0 unspecified atom stereocenters. The Morgan fingerprint density at radius 2 is 1.59 bits per heavy atom. The molecule has 0 saturated heterocycles. The molecule has 0 saturated carbocycles. The molecule has 0 spiro atoms. The molecule has 0 N–H and O–H groups in total. The number of halogens is 1. The van der Waals surface area contributed by atoms with E-state index in [-0.39, 0.29) is 23.7 Å². The Balaban J connectivity index is 2.25. The van der Waals surface area contributed by atoms with Crippen LogP contribution in [0, 0.1) is 12.7 Å². The van der Waals surface area contributed by atoms with Crippen molar-refractivity contribution in [2.24, 2.45) is 0 Å². The van der Waals surface area contributed by atoms with Crippen molar-refractivity contribution >= 4 is 16.1 Å². The van der Waals surface area contributed by atoms with Gasteiger partial charge in [-0.1, -0.05) is 23.8 Å². The maximum absolute atomic E-state index is 13.6. The lowest BCUT2D eigenvalue weighted by Gasteiger charge is -2.20. The van der Waals surface area contributed by atoms with Crippen molar-refractivity contribution in [2.45, 2.75) is 20.8 Å². The van der Waals surface area contributed by atoms with Crippen molar-refractivity contribution in [3.63, 3.8) is 0 Å². The van der Waals surface area contributed by atoms with Crippen LogP contribution in [0.2, 0.25) is 0 Å². The molecule has 0 radical (unpaired) electrons. The molecule has 37 heavy (non-hydrogen) atoms. The molecule has 3 aromatic rings. The Kier molecular flexibility index (Phi) is 8.60. The van der Waals surface area contributed by atoms with Gasteiger partial charge in [0.15, 0.2) is 11.5 Å². The lowest BCUT2D eigenvalue weighted by molar-refractivity contribution is 0.0600. The number of esters is 1. The second kappa shape index (κ2) is 11.5. The third-order valence-corrected chi connectivity index (χ3v) is 6.00. The Morgan fingerprint density at radius 1 is 0.946 bits per heavy atom. The number of hydrogen-bond acceptors (Lipinski definition) is 7. The normalized spacial score (nSPS) is 11.0. The number of allylic oxidation sites excluding steroid dienone is 1. The summed E-state index contributed by atoms with van der Waals surface area (Å²) in [5, 5.41) is 0. The SMILES string of the molecule is COC(=O)c1c(C)c(-c2ccc(OCC=C(C)C)c(OS(C)(=O)=O)c2)cc(OC)c1-c1ccc(F)cc1. The maximum atomic E-state index is 13.6. The average molecular weight is 529 g/mol. The molecular formula is C28H29FO7S. The van der Waals surface area contributed by atoms with E-state index >= 15 is 0 Å². The standard InChI is InChI=1S/C28H29FO7S/c1-17(2)13-14-35-23-12-9-20(15-24(23)36-37(6,31)32)22-16-25(33-4)27(19-7-10-21(29)11-8-19)26(18(22)3)28(30)34-5/h7-13,15-16H,14H2,1-6H3. The number of carbonyl (C=O) groups excluding carboxylic acids is 1. The van der Waals surface area contributed by atoms with Gasteiger partial charge in [-0.15, -0.1) is 0 Å². The molecule has 0 fully saturated rings. The first-order chi connectivity index (χ1) is 17.4. The van der Waals surface area contributed by atoms with Gasteiger partial charge in [-0.25, -0.2) is 9.18 Å². The summed E-state index contributed by atoms with van der Waals surface area (Å²) in [4.78, 5) is 12.9. The van der Waals surface area contributed by atoms with Gasteiger partial charge in [-0.2, -0.15) is 8.42 Å². The fourth-order valence-corrected chi connectivity index (χ4v) is 4.26.